The van der Waals surface area contributed by atoms with Crippen LogP contribution in [0, 0.1) is 0 Å². The summed E-state index contributed by atoms with van der Waals surface area (Å²) in [6, 6.07) is 11.4. The van der Waals surface area contributed by atoms with Crippen molar-refractivity contribution in [3.05, 3.63) is 54.6 Å². The van der Waals surface area contributed by atoms with Crippen molar-refractivity contribution in [2.45, 2.75) is 31.2 Å². The molecule has 1 aliphatic rings. The van der Waals surface area contributed by atoms with E-state index in [1.165, 1.54) is 43.5 Å². The first-order valence-electron chi connectivity index (χ1n) is 6.91. The summed E-state index contributed by atoms with van der Waals surface area (Å²) in [6.45, 7) is 0. The van der Waals surface area contributed by atoms with E-state index in [0.717, 1.165) is 5.92 Å². The largest absolute Gasteiger partial charge is 0.309 e. The van der Waals surface area contributed by atoms with Crippen LogP contribution in [0.15, 0.2) is 37.9 Å². The van der Waals surface area contributed by atoms with Crippen molar-refractivity contribution in [1.29, 1.82) is 0 Å². The lowest BCUT2D eigenvalue weighted by atomic mass is 9.76. The normalized spacial score (nSPS) is 16.9. The van der Waals surface area contributed by atoms with E-state index in [1.54, 1.807) is 11.3 Å². The van der Waals surface area contributed by atoms with Crippen molar-refractivity contribution < 1.29 is 0 Å². The van der Waals surface area contributed by atoms with Gasteiger partial charge in [0.05, 0.1) is 13.6 Å². The average molecular weight is 415 g/mol. The summed E-state index contributed by atoms with van der Waals surface area (Å²) in [4.78, 5) is 0. The quantitative estimate of drug-likeness (QED) is 0.661. The van der Waals surface area contributed by atoms with E-state index in [4.69, 9.17) is 0 Å². The van der Waals surface area contributed by atoms with Gasteiger partial charge in [-0.05, 0) is 80.4 Å². The zero-order chi connectivity index (χ0) is 14.1. The van der Waals surface area contributed by atoms with Gasteiger partial charge in [0.15, 0.2) is 0 Å². The Morgan fingerprint density at radius 3 is 2.50 bits per heavy atom. The van der Waals surface area contributed by atoms with E-state index in [-0.39, 0.29) is 6.04 Å². The molecular formula is C16H17Br2NS. The topological polar surface area (TPSA) is 12.0 Å². The molecule has 106 valence electrons. The molecule has 3 rings (SSSR count). The second-order valence-corrected chi connectivity index (χ2v) is 9.01. The third-order valence-corrected chi connectivity index (χ3v) is 6.52. The van der Waals surface area contributed by atoms with Crippen molar-refractivity contribution in [1.82, 2.24) is 5.32 Å². The molecule has 1 atom stereocenters. The Morgan fingerprint density at radius 1 is 1.20 bits per heavy atom. The monoisotopic (exact) mass is 413 g/mol. The smallest absolute Gasteiger partial charge is 0.0761 e. The van der Waals surface area contributed by atoms with Crippen LogP contribution in [0.25, 0.3) is 0 Å². The van der Waals surface area contributed by atoms with Crippen LogP contribution in [0.4, 0.5) is 0 Å². The molecule has 0 saturated heterocycles. The molecule has 1 nitrogen and oxygen atoms in total. The summed E-state index contributed by atoms with van der Waals surface area (Å²) in [5, 5.41) is 3.49. The van der Waals surface area contributed by atoms with Gasteiger partial charge in [-0.15, -0.1) is 11.3 Å². The fourth-order valence-electron chi connectivity index (χ4n) is 2.89. The molecule has 0 spiro atoms. The average Bonchev–Trinajstić information content (AvgIpc) is 2.70. The van der Waals surface area contributed by atoms with Crippen LogP contribution in [0.5, 0.6) is 0 Å². The summed E-state index contributed by atoms with van der Waals surface area (Å²) in [5.41, 5.74) is 4.26. The first-order valence-corrected chi connectivity index (χ1v) is 9.31. The Morgan fingerprint density at radius 2 is 1.95 bits per heavy atom. The maximum atomic E-state index is 3.70. The molecule has 4 heteroatoms. The molecule has 1 fully saturated rings. The van der Waals surface area contributed by atoms with Crippen LogP contribution in [0.2, 0.25) is 0 Å². The molecule has 1 aromatic heterocycles. The summed E-state index contributed by atoms with van der Waals surface area (Å²) in [7, 11) is 2.04. The van der Waals surface area contributed by atoms with Gasteiger partial charge < -0.3 is 5.32 Å². The molecule has 1 N–H and O–H groups in total. The van der Waals surface area contributed by atoms with Gasteiger partial charge in [0, 0.05) is 0 Å². The Bertz CT molecular complexity index is 604. The van der Waals surface area contributed by atoms with Gasteiger partial charge in [-0.2, -0.15) is 0 Å². The van der Waals surface area contributed by atoms with E-state index in [2.05, 4.69) is 67.5 Å². The minimum absolute atomic E-state index is 0.253. The van der Waals surface area contributed by atoms with Crippen molar-refractivity contribution >= 4 is 43.2 Å². The lowest BCUT2D eigenvalue weighted by molar-refractivity contribution is 0.415. The first kappa shape index (κ1) is 14.8. The summed E-state index contributed by atoms with van der Waals surface area (Å²) >= 11 is 9.02. The third kappa shape index (κ3) is 2.76. The first-order chi connectivity index (χ1) is 9.70. The van der Waals surface area contributed by atoms with Crippen molar-refractivity contribution in [2.24, 2.45) is 0 Å². The number of thiophene rings is 1. The molecule has 1 aliphatic carbocycles. The van der Waals surface area contributed by atoms with Crippen LogP contribution in [0.1, 0.15) is 47.9 Å². The standard InChI is InChI=1S/C16H17Br2NS/c1-19-15(13-9-14(17)20-16(13)18)12-8-3-2-7-11(12)10-5-4-6-10/h2-3,7-10,15,19H,4-6H2,1H3. The van der Waals surface area contributed by atoms with Crippen LogP contribution in [-0.4, -0.2) is 7.05 Å². The van der Waals surface area contributed by atoms with Crippen LogP contribution >= 0.6 is 43.2 Å². The minimum Gasteiger partial charge on any atom is -0.309 e. The number of nitrogens with one attached hydrogen (secondary N) is 1. The Labute approximate surface area is 141 Å². The summed E-state index contributed by atoms with van der Waals surface area (Å²) in [5.74, 6) is 0.753. The summed E-state index contributed by atoms with van der Waals surface area (Å²) < 4.78 is 2.37. The van der Waals surface area contributed by atoms with E-state index >= 15 is 0 Å². The number of benzene rings is 1. The minimum atomic E-state index is 0.253. The number of hydrogen-bond donors (Lipinski definition) is 1. The molecule has 0 bridgehead atoms. The maximum absolute atomic E-state index is 3.70. The highest BCUT2D eigenvalue weighted by Crippen LogP contribution is 2.43. The van der Waals surface area contributed by atoms with E-state index in [0.29, 0.717) is 0 Å². The van der Waals surface area contributed by atoms with Gasteiger partial charge >= 0.3 is 0 Å². The van der Waals surface area contributed by atoms with Crippen LogP contribution < -0.4 is 5.32 Å². The number of hydrogen-bond acceptors (Lipinski definition) is 2. The fourth-order valence-corrected chi connectivity index (χ4v) is 5.80. The second-order valence-electron chi connectivity index (χ2n) is 5.26. The lowest BCUT2D eigenvalue weighted by Gasteiger charge is -2.30. The van der Waals surface area contributed by atoms with Gasteiger partial charge in [-0.25, -0.2) is 0 Å². The predicted molar refractivity (Wildman–Crippen MR) is 93.7 cm³/mol. The summed E-state index contributed by atoms with van der Waals surface area (Å²) in [6.07, 6.45) is 4.04. The number of halogens is 2. The van der Waals surface area contributed by atoms with Gasteiger partial charge in [-0.3, -0.25) is 0 Å². The zero-order valence-electron chi connectivity index (χ0n) is 11.3. The van der Waals surface area contributed by atoms with E-state index in [9.17, 15) is 0 Å². The van der Waals surface area contributed by atoms with Gasteiger partial charge in [0.1, 0.15) is 0 Å². The Kier molecular flexibility index (Phi) is 4.65. The molecule has 1 heterocycles. The van der Waals surface area contributed by atoms with E-state index < -0.39 is 0 Å². The molecule has 0 radical (unpaired) electrons. The third-order valence-electron chi connectivity index (χ3n) is 4.13. The molecule has 0 aliphatic heterocycles. The maximum Gasteiger partial charge on any atom is 0.0761 e. The second kappa shape index (κ2) is 6.30. The van der Waals surface area contributed by atoms with E-state index in [1.807, 2.05) is 7.05 Å². The van der Waals surface area contributed by atoms with Crippen LogP contribution in [0.3, 0.4) is 0 Å². The SMILES string of the molecule is CNC(c1ccccc1C1CCC1)c1cc(Br)sc1Br. The fraction of sp³-hybridized carbons (Fsp3) is 0.375. The van der Waals surface area contributed by atoms with Crippen LogP contribution in [-0.2, 0) is 0 Å². The van der Waals surface area contributed by atoms with Gasteiger partial charge in [0.25, 0.3) is 0 Å². The molecule has 20 heavy (non-hydrogen) atoms. The Balaban J connectivity index is 2.03. The van der Waals surface area contributed by atoms with Gasteiger partial charge in [-0.1, -0.05) is 30.7 Å². The number of rotatable bonds is 4. The highest BCUT2D eigenvalue weighted by molar-refractivity contribution is 9.12. The molecule has 1 saturated carbocycles. The van der Waals surface area contributed by atoms with Crippen molar-refractivity contribution in [2.75, 3.05) is 7.05 Å². The lowest BCUT2D eigenvalue weighted by Crippen LogP contribution is -2.21. The Hall–Kier alpha value is -0.160. The van der Waals surface area contributed by atoms with Crippen molar-refractivity contribution in [3.8, 4) is 0 Å². The highest BCUT2D eigenvalue weighted by atomic mass is 79.9. The highest BCUT2D eigenvalue weighted by Gasteiger charge is 2.26. The van der Waals surface area contributed by atoms with Gasteiger partial charge in [0.2, 0.25) is 0 Å². The zero-order valence-corrected chi connectivity index (χ0v) is 15.3. The van der Waals surface area contributed by atoms with Crippen molar-refractivity contribution in [3.63, 3.8) is 0 Å². The predicted octanol–water partition coefficient (Wildman–Crippen LogP) is 5.85. The molecular weight excluding hydrogens is 398 g/mol. The molecule has 0 amide bonds. The molecule has 2 aromatic rings. The molecule has 1 aromatic carbocycles. The molecule has 1 unspecified atom stereocenters.